The van der Waals surface area contributed by atoms with Gasteiger partial charge in [0.1, 0.15) is 5.60 Å². The van der Waals surface area contributed by atoms with Crippen LogP contribution in [-0.2, 0) is 17.7 Å². The Morgan fingerprint density at radius 1 is 1.27 bits per heavy atom. The summed E-state index contributed by atoms with van der Waals surface area (Å²) >= 11 is 0. The maximum absolute atomic E-state index is 12.3. The van der Waals surface area contributed by atoms with E-state index in [2.05, 4.69) is 43.0 Å². The van der Waals surface area contributed by atoms with Crippen LogP contribution in [0.4, 0.5) is 4.79 Å². The molecule has 2 fully saturated rings. The number of hydrogen-bond donors (Lipinski definition) is 1. The molecule has 1 spiro atoms. The molecule has 0 aromatic heterocycles. The molecule has 0 aliphatic carbocycles. The zero-order valence-corrected chi connectivity index (χ0v) is 16.2. The highest BCUT2D eigenvalue weighted by Crippen LogP contribution is 2.35. The number of carbonyl (C=O) groups is 1. The quantitative estimate of drug-likeness (QED) is 0.812. The minimum absolute atomic E-state index is 0.117. The van der Waals surface area contributed by atoms with E-state index in [0.29, 0.717) is 6.54 Å². The molecule has 2 aliphatic heterocycles. The fourth-order valence-corrected chi connectivity index (χ4v) is 4.25. The number of ether oxygens (including phenoxy) is 1. The first-order valence-electron chi connectivity index (χ1n) is 10.0. The predicted molar refractivity (Wildman–Crippen MR) is 104 cm³/mol. The Balaban J connectivity index is 1.54. The number of hydrogen-bond acceptors (Lipinski definition) is 4. The summed E-state index contributed by atoms with van der Waals surface area (Å²) in [6.07, 6.45) is 4.80. The SMILES string of the molecule is CCC[C@H](C)N1CC2(CCN(Cc3cccc(CCN)c3)CC2)OC1=O. The van der Waals surface area contributed by atoms with Crippen LogP contribution < -0.4 is 5.73 Å². The summed E-state index contributed by atoms with van der Waals surface area (Å²) in [5, 5.41) is 0. The highest BCUT2D eigenvalue weighted by atomic mass is 16.6. The van der Waals surface area contributed by atoms with Gasteiger partial charge in [-0.05, 0) is 37.4 Å². The van der Waals surface area contributed by atoms with E-state index in [1.807, 2.05) is 4.90 Å². The molecule has 2 aliphatic rings. The average Bonchev–Trinajstić information content (AvgIpc) is 2.94. The minimum atomic E-state index is -0.267. The third-order valence-electron chi connectivity index (χ3n) is 5.83. The number of carbonyl (C=O) groups excluding carboxylic acids is 1. The summed E-state index contributed by atoms with van der Waals surface area (Å²) in [6.45, 7) is 8.65. The molecular weight excluding hydrogens is 326 g/mol. The Hall–Kier alpha value is -1.59. The average molecular weight is 360 g/mol. The molecule has 5 heteroatoms. The van der Waals surface area contributed by atoms with E-state index in [0.717, 1.165) is 58.3 Å². The second kappa shape index (κ2) is 8.40. The Kier molecular flexibility index (Phi) is 6.20. The molecule has 1 aromatic rings. The van der Waals surface area contributed by atoms with Gasteiger partial charge in [-0.15, -0.1) is 0 Å². The van der Waals surface area contributed by atoms with Crippen molar-refractivity contribution >= 4 is 6.09 Å². The van der Waals surface area contributed by atoms with E-state index >= 15 is 0 Å². The number of rotatable bonds is 7. The van der Waals surface area contributed by atoms with Gasteiger partial charge in [-0.1, -0.05) is 37.6 Å². The van der Waals surface area contributed by atoms with Crippen LogP contribution in [0.3, 0.4) is 0 Å². The van der Waals surface area contributed by atoms with Crippen molar-refractivity contribution in [3.05, 3.63) is 35.4 Å². The maximum Gasteiger partial charge on any atom is 0.410 e. The molecule has 1 aromatic carbocycles. The Morgan fingerprint density at radius 3 is 2.69 bits per heavy atom. The van der Waals surface area contributed by atoms with Gasteiger partial charge in [0.2, 0.25) is 0 Å². The highest BCUT2D eigenvalue weighted by Gasteiger charge is 2.47. The fourth-order valence-electron chi connectivity index (χ4n) is 4.25. The van der Waals surface area contributed by atoms with Crippen LogP contribution in [0.2, 0.25) is 0 Å². The first-order valence-corrected chi connectivity index (χ1v) is 10.0. The molecule has 0 bridgehead atoms. The second-order valence-corrected chi connectivity index (χ2v) is 7.95. The summed E-state index contributed by atoms with van der Waals surface area (Å²) in [5.74, 6) is 0. The lowest BCUT2D eigenvalue weighted by Crippen LogP contribution is -2.47. The van der Waals surface area contributed by atoms with Crippen molar-refractivity contribution in [2.75, 3.05) is 26.2 Å². The van der Waals surface area contributed by atoms with Gasteiger partial charge < -0.3 is 15.4 Å². The summed E-state index contributed by atoms with van der Waals surface area (Å²) in [5.41, 5.74) is 8.05. The first-order chi connectivity index (χ1) is 12.5. The maximum atomic E-state index is 12.3. The van der Waals surface area contributed by atoms with Crippen molar-refractivity contribution in [1.82, 2.24) is 9.80 Å². The minimum Gasteiger partial charge on any atom is -0.441 e. The molecule has 144 valence electrons. The smallest absolute Gasteiger partial charge is 0.410 e. The van der Waals surface area contributed by atoms with Gasteiger partial charge in [0.15, 0.2) is 0 Å². The van der Waals surface area contributed by atoms with Crippen LogP contribution in [0.5, 0.6) is 0 Å². The number of nitrogens with zero attached hydrogens (tertiary/aromatic N) is 2. The van der Waals surface area contributed by atoms with E-state index in [-0.39, 0.29) is 17.7 Å². The monoisotopic (exact) mass is 359 g/mol. The van der Waals surface area contributed by atoms with Gasteiger partial charge in [-0.2, -0.15) is 0 Å². The van der Waals surface area contributed by atoms with Crippen molar-refractivity contribution < 1.29 is 9.53 Å². The topological polar surface area (TPSA) is 58.8 Å². The van der Waals surface area contributed by atoms with Crippen LogP contribution in [0, 0.1) is 0 Å². The van der Waals surface area contributed by atoms with Crippen LogP contribution in [-0.4, -0.2) is 53.7 Å². The van der Waals surface area contributed by atoms with Crippen LogP contribution in [0.15, 0.2) is 24.3 Å². The number of likely N-dealkylation sites (tertiary alicyclic amines) is 1. The van der Waals surface area contributed by atoms with Crippen LogP contribution in [0.25, 0.3) is 0 Å². The Bertz CT molecular complexity index is 611. The van der Waals surface area contributed by atoms with Gasteiger partial charge in [0, 0.05) is 38.5 Å². The third-order valence-corrected chi connectivity index (χ3v) is 5.83. The van der Waals surface area contributed by atoms with Crippen LogP contribution >= 0.6 is 0 Å². The van der Waals surface area contributed by atoms with Gasteiger partial charge in [-0.3, -0.25) is 4.90 Å². The van der Waals surface area contributed by atoms with Gasteiger partial charge in [0.25, 0.3) is 0 Å². The molecule has 2 saturated heterocycles. The summed E-state index contributed by atoms with van der Waals surface area (Å²) < 4.78 is 5.87. The normalized spacial score (nSPS) is 21.2. The lowest BCUT2D eigenvalue weighted by molar-refractivity contribution is -0.00132. The highest BCUT2D eigenvalue weighted by molar-refractivity contribution is 5.71. The number of nitrogens with two attached hydrogens (primary N) is 1. The second-order valence-electron chi connectivity index (χ2n) is 7.95. The molecule has 5 nitrogen and oxygen atoms in total. The molecule has 3 rings (SSSR count). The van der Waals surface area contributed by atoms with E-state index < -0.39 is 0 Å². The van der Waals surface area contributed by atoms with E-state index in [1.54, 1.807) is 0 Å². The standard InChI is InChI=1S/C21H33N3O2/c1-3-5-17(2)24-16-21(26-20(24)25)9-12-23(13-10-21)15-19-7-4-6-18(14-19)8-11-22/h4,6-7,14,17H,3,5,8-13,15-16,22H2,1-2H3/t17-/m0/s1. The lowest BCUT2D eigenvalue weighted by Gasteiger charge is -2.37. The number of benzene rings is 1. The Labute approximate surface area is 157 Å². The number of amides is 1. The molecule has 0 unspecified atom stereocenters. The van der Waals surface area contributed by atoms with Crippen molar-refractivity contribution in [1.29, 1.82) is 0 Å². The molecule has 1 amide bonds. The summed E-state index contributed by atoms with van der Waals surface area (Å²) in [7, 11) is 0. The largest absolute Gasteiger partial charge is 0.441 e. The molecule has 2 N–H and O–H groups in total. The first kappa shape index (κ1) is 19.2. The van der Waals surface area contributed by atoms with Gasteiger partial charge >= 0.3 is 6.09 Å². The van der Waals surface area contributed by atoms with Crippen molar-refractivity contribution in [3.8, 4) is 0 Å². The summed E-state index contributed by atoms with van der Waals surface area (Å²) in [4.78, 5) is 16.7. The van der Waals surface area contributed by atoms with Crippen molar-refractivity contribution in [2.24, 2.45) is 5.73 Å². The predicted octanol–water partition coefficient (Wildman–Crippen LogP) is 3.16. The molecule has 2 heterocycles. The third kappa shape index (κ3) is 4.38. The molecular formula is C21H33N3O2. The lowest BCUT2D eigenvalue weighted by atomic mass is 9.90. The number of piperidine rings is 1. The molecule has 0 radical (unpaired) electrons. The van der Waals surface area contributed by atoms with E-state index in [1.165, 1.54) is 11.1 Å². The zero-order valence-electron chi connectivity index (χ0n) is 16.2. The van der Waals surface area contributed by atoms with Crippen molar-refractivity contribution in [2.45, 2.75) is 64.1 Å². The fraction of sp³-hybridized carbons (Fsp3) is 0.667. The zero-order chi connectivity index (χ0) is 18.6. The molecule has 26 heavy (non-hydrogen) atoms. The summed E-state index contributed by atoms with van der Waals surface area (Å²) in [6, 6.07) is 8.99. The Morgan fingerprint density at radius 2 is 2.00 bits per heavy atom. The van der Waals surface area contributed by atoms with Gasteiger partial charge in [0.05, 0.1) is 6.54 Å². The van der Waals surface area contributed by atoms with Crippen LogP contribution in [0.1, 0.15) is 50.7 Å². The van der Waals surface area contributed by atoms with Crippen molar-refractivity contribution in [3.63, 3.8) is 0 Å². The molecule has 0 saturated carbocycles. The van der Waals surface area contributed by atoms with Gasteiger partial charge in [-0.25, -0.2) is 4.79 Å². The van der Waals surface area contributed by atoms with E-state index in [9.17, 15) is 4.79 Å². The molecule has 1 atom stereocenters. The van der Waals surface area contributed by atoms with E-state index in [4.69, 9.17) is 10.5 Å².